The van der Waals surface area contributed by atoms with E-state index in [0.717, 1.165) is 6.42 Å². The Balaban J connectivity index is 3.54. The Morgan fingerprint density at radius 1 is 1.18 bits per heavy atom. The lowest BCUT2D eigenvalue weighted by Gasteiger charge is -2.21. The fourth-order valence-corrected chi connectivity index (χ4v) is 0.822. The zero-order valence-electron chi connectivity index (χ0n) is 7.96. The molecule has 0 fully saturated rings. The third-order valence-corrected chi connectivity index (χ3v) is 1.75. The molecule has 68 valence electrons. The molecule has 2 heteroatoms. The average Bonchev–Trinajstić information content (AvgIpc) is 1.80. The quantitative estimate of drug-likeness (QED) is 0.657. The van der Waals surface area contributed by atoms with E-state index in [1.165, 1.54) is 0 Å². The smallest absolute Gasteiger partial charge is 0.0796 e. The van der Waals surface area contributed by atoms with Gasteiger partial charge in [-0.1, -0.05) is 20.8 Å². The molecule has 0 aromatic rings. The third kappa shape index (κ3) is 6.32. The fourth-order valence-electron chi connectivity index (χ4n) is 0.822. The van der Waals surface area contributed by atoms with Crippen molar-refractivity contribution in [3.8, 4) is 0 Å². The van der Waals surface area contributed by atoms with Gasteiger partial charge in [-0.15, -0.1) is 0 Å². The Bertz CT molecular complexity index is 103. The molecule has 0 radical (unpaired) electrons. The SMILES string of the molecule is CC(O)C(O)CCC(C)(C)C. The normalized spacial score (nSPS) is 18.0. The van der Waals surface area contributed by atoms with Gasteiger partial charge in [0.2, 0.25) is 0 Å². The summed E-state index contributed by atoms with van der Waals surface area (Å²) in [6.07, 6.45) is 0.465. The largest absolute Gasteiger partial charge is 0.391 e. The zero-order valence-corrected chi connectivity index (χ0v) is 7.96. The molecule has 0 saturated carbocycles. The number of rotatable bonds is 3. The van der Waals surface area contributed by atoms with Crippen molar-refractivity contribution in [3.63, 3.8) is 0 Å². The molecule has 2 nitrogen and oxygen atoms in total. The van der Waals surface area contributed by atoms with Crippen LogP contribution in [0.1, 0.15) is 40.5 Å². The minimum atomic E-state index is -0.600. The molecule has 0 aliphatic rings. The van der Waals surface area contributed by atoms with Crippen LogP contribution in [-0.4, -0.2) is 22.4 Å². The van der Waals surface area contributed by atoms with Gasteiger partial charge in [-0.2, -0.15) is 0 Å². The summed E-state index contributed by atoms with van der Waals surface area (Å²) >= 11 is 0. The molecule has 0 heterocycles. The van der Waals surface area contributed by atoms with Crippen molar-refractivity contribution in [2.45, 2.75) is 52.7 Å². The number of aliphatic hydroxyl groups is 2. The number of hydrogen-bond donors (Lipinski definition) is 2. The highest BCUT2D eigenvalue weighted by molar-refractivity contribution is 4.68. The van der Waals surface area contributed by atoms with Crippen molar-refractivity contribution in [2.75, 3.05) is 0 Å². The second-order valence-corrected chi connectivity index (χ2v) is 4.41. The second kappa shape index (κ2) is 4.07. The first-order valence-corrected chi connectivity index (χ1v) is 4.19. The van der Waals surface area contributed by atoms with Crippen LogP contribution >= 0.6 is 0 Å². The van der Waals surface area contributed by atoms with Gasteiger partial charge < -0.3 is 10.2 Å². The van der Waals surface area contributed by atoms with Crippen LogP contribution in [0.25, 0.3) is 0 Å². The summed E-state index contributed by atoms with van der Waals surface area (Å²) in [7, 11) is 0. The minimum Gasteiger partial charge on any atom is -0.391 e. The fraction of sp³-hybridized carbons (Fsp3) is 1.00. The van der Waals surface area contributed by atoms with Crippen LogP contribution in [0.5, 0.6) is 0 Å². The van der Waals surface area contributed by atoms with E-state index in [1.54, 1.807) is 6.92 Å². The predicted molar refractivity (Wildman–Crippen MR) is 46.4 cm³/mol. The van der Waals surface area contributed by atoms with Gasteiger partial charge >= 0.3 is 0 Å². The lowest BCUT2D eigenvalue weighted by Crippen LogP contribution is -2.24. The Morgan fingerprint density at radius 3 is 1.91 bits per heavy atom. The molecule has 11 heavy (non-hydrogen) atoms. The molecule has 2 unspecified atom stereocenters. The maximum absolute atomic E-state index is 9.24. The molecule has 0 aliphatic carbocycles. The van der Waals surface area contributed by atoms with Gasteiger partial charge in [0.1, 0.15) is 0 Å². The average molecular weight is 160 g/mol. The Morgan fingerprint density at radius 2 is 1.64 bits per heavy atom. The molecule has 2 atom stereocenters. The summed E-state index contributed by atoms with van der Waals surface area (Å²) in [6.45, 7) is 8.00. The lowest BCUT2D eigenvalue weighted by molar-refractivity contribution is 0.0197. The molecule has 2 N–H and O–H groups in total. The Hall–Kier alpha value is -0.0800. The first kappa shape index (κ1) is 10.9. The van der Waals surface area contributed by atoms with Crippen molar-refractivity contribution in [1.29, 1.82) is 0 Å². The number of hydrogen-bond acceptors (Lipinski definition) is 2. The molecular weight excluding hydrogens is 140 g/mol. The summed E-state index contributed by atoms with van der Waals surface area (Å²) in [6, 6.07) is 0. The molecule has 0 aromatic heterocycles. The third-order valence-electron chi connectivity index (χ3n) is 1.75. The van der Waals surface area contributed by atoms with E-state index in [-0.39, 0.29) is 5.41 Å². The molecule has 0 amide bonds. The van der Waals surface area contributed by atoms with Crippen LogP contribution in [0.2, 0.25) is 0 Å². The molecule has 0 aliphatic heterocycles. The van der Waals surface area contributed by atoms with E-state index in [0.29, 0.717) is 6.42 Å². The van der Waals surface area contributed by atoms with Crippen molar-refractivity contribution < 1.29 is 10.2 Å². The van der Waals surface area contributed by atoms with E-state index < -0.39 is 12.2 Å². The van der Waals surface area contributed by atoms with Gasteiger partial charge in [-0.3, -0.25) is 0 Å². The monoisotopic (exact) mass is 160 g/mol. The van der Waals surface area contributed by atoms with E-state index in [4.69, 9.17) is 5.11 Å². The first-order chi connectivity index (χ1) is 4.83. The highest BCUT2D eigenvalue weighted by Crippen LogP contribution is 2.22. The summed E-state index contributed by atoms with van der Waals surface area (Å²) in [4.78, 5) is 0. The first-order valence-electron chi connectivity index (χ1n) is 4.19. The maximum atomic E-state index is 9.24. The van der Waals surface area contributed by atoms with E-state index in [9.17, 15) is 5.11 Å². The maximum Gasteiger partial charge on any atom is 0.0796 e. The van der Waals surface area contributed by atoms with Crippen LogP contribution in [0.15, 0.2) is 0 Å². The lowest BCUT2D eigenvalue weighted by atomic mass is 9.88. The molecule has 0 aromatic carbocycles. The van der Waals surface area contributed by atoms with Gasteiger partial charge in [0.05, 0.1) is 12.2 Å². The highest BCUT2D eigenvalue weighted by Gasteiger charge is 2.16. The molecular formula is C9H20O2. The Kier molecular flexibility index (Phi) is 4.04. The summed E-state index contributed by atoms with van der Waals surface area (Å²) < 4.78 is 0. The molecule has 0 rings (SSSR count). The van der Waals surface area contributed by atoms with Gasteiger partial charge in [0.25, 0.3) is 0 Å². The van der Waals surface area contributed by atoms with E-state index in [2.05, 4.69) is 20.8 Å². The van der Waals surface area contributed by atoms with Crippen LogP contribution in [0.3, 0.4) is 0 Å². The highest BCUT2D eigenvalue weighted by atomic mass is 16.3. The summed E-state index contributed by atoms with van der Waals surface area (Å²) in [5.41, 5.74) is 0.246. The molecule has 0 saturated heterocycles. The molecule has 0 bridgehead atoms. The summed E-state index contributed by atoms with van der Waals surface area (Å²) in [5.74, 6) is 0. The zero-order chi connectivity index (χ0) is 9.07. The van der Waals surface area contributed by atoms with Gasteiger partial charge in [0, 0.05) is 0 Å². The van der Waals surface area contributed by atoms with Crippen LogP contribution in [0, 0.1) is 5.41 Å². The second-order valence-electron chi connectivity index (χ2n) is 4.41. The van der Waals surface area contributed by atoms with Crippen LogP contribution in [-0.2, 0) is 0 Å². The van der Waals surface area contributed by atoms with Crippen LogP contribution < -0.4 is 0 Å². The standard InChI is InChI=1S/C9H20O2/c1-7(10)8(11)5-6-9(2,3)4/h7-8,10-11H,5-6H2,1-4H3. The van der Waals surface area contributed by atoms with E-state index >= 15 is 0 Å². The topological polar surface area (TPSA) is 40.5 Å². The number of aliphatic hydroxyl groups excluding tert-OH is 2. The molecule has 0 spiro atoms. The minimum absolute atomic E-state index is 0.246. The van der Waals surface area contributed by atoms with Crippen molar-refractivity contribution in [2.24, 2.45) is 5.41 Å². The van der Waals surface area contributed by atoms with Crippen molar-refractivity contribution >= 4 is 0 Å². The van der Waals surface area contributed by atoms with Crippen molar-refractivity contribution in [3.05, 3.63) is 0 Å². The Labute approximate surface area is 69.2 Å². The van der Waals surface area contributed by atoms with Gasteiger partial charge in [-0.25, -0.2) is 0 Å². The van der Waals surface area contributed by atoms with Gasteiger partial charge in [0.15, 0.2) is 0 Å². The predicted octanol–water partition coefficient (Wildman–Crippen LogP) is 1.55. The van der Waals surface area contributed by atoms with Crippen LogP contribution in [0.4, 0.5) is 0 Å². The van der Waals surface area contributed by atoms with E-state index in [1.807, 2.05) is 0 Å². The van der Waals surface area contributed by atoms with Crippen molar-refractivity contribution in [1.82, 2.24) is 0 Å². The summed E-state index contributed by atoms with van der Waals surface area (Å²) in [5, 5.41) is 18.2. The van der Waals surface area contributed by atoms with Gasteiger partial charge in [-0.05, 0) is 25.2 Å².